The summed E-state index contributed by atoms with van der Waals surface area (Å²) in [4.78, 5) is 12.9. The molecular weight excluding hydrogens is 309 g/mol. The van der Waals surface area contributed by atoms with Gasteiger partial charge in [0, 0.05) is 12.0 Å². The van der Waals surface area contributed by atoms with Crippen LogP contribution in [0.1, 0.15) is 45.7 Å². The fourth-order valence-corrected chi connectivity index (χ4v) is 3.62. The van der Waals surface area contributed by atoms with Gasteiger partial charge in [-0.05, 0) is 39.2 Å². The van der Waals surface area contributed by atoms with Crippen LogP contribution in [-0.2, 0) is 9.31 Å². The third-order valence-corrected chi connectivity index (χ3v) is 5.72. The first-order valence-corrected chi connectivity index (χ1v) is 8.34. The summed E-state index contributed by atoms with van der Waals surface area (Å²) in [6, 6.07) is 5.70. The van der Waals surface area contributed by atoms with Crippen LogP contribution in [0, 0.1) is 0 Å². The molecular formula is C17H22BNO5. The van der Waals surface area contributed by atoms with Crippen molar-refractivity contribution in [3.05, 3.63) is 23.8 Å². The van der Waals surface area contributed by atoms with Crippen molar-refractivity contribution in [1.29, 1.82) is 0 Å². The molecule has 1 amide bonds. The molecule has 1 N–H and O–H groups in total. The summed E-state index contributed by atoms with van der Waals surface area (Å²) in [5, 5.41) is 9.36. The first-order chi connectivity index (χ1) is 11.2. The predicted octanol–water partition coefficient (Wildman–Crippen LogP) is 2.17. The van der Waals surface area contributed by atoms with Gasteiger partial charge < -0.3 is 19.2 Å². The van der Waals surface area contributed by atoms with Gasteiger partial charge in [-0.1, -0.05) is 12.1 Å². The van der Waals surface area contributed by atoms with Crippen molar-refractivity contribution >= 4 is 18.7 Å². The maximum Gasteiger partial charge on any atom is 0.494 e. The predicted molar refractivity (Wildman–Crippen MR) is 88.7 cm³/mol. The van der Waals surface area contributed by atoms with Gasteiger partial charge in [-0.25, -0.2) is 4.79 Å². The first-order valence-electron chi connectivity index (χ1n) is 8.34. The minimum Gasteiger partial charge on any atom is -0.488 e. The Morgan fingerprint density at radius 1 is 1.25 bits per heavy atom. The summed E-state index contributed by atoms with van der Waals surface area (Å²) < 4.78 is 18.2. The van der Waals surface area contributed by atoms with E-state index in [1.165, 1.54) is 4.90 Å². The van der Waals surface area contributed by atoms with Crippen molar-refractivity contribution in [3.63, 3.8) is 0 Å². The van der Waals surface area contributed by atoms with Crippen LogP contribution in [0.15, 0.2) is 18.2 Å². The summed E-state index contributed by atoms with van der Waals surface area (Å²) in [7, 11) is -0.445. The Hall–Kier alpha value is -1.73. The number of carboxylic acid groups (broad SMARTS) is 1. The Labute approximate surface area is 141 Å². The third-order valence-electron chi connectivity index (χ3n) is 5.72. The lowest BCUT2D eigenvalue weighted by atomic mass is 9.78. The SMILES string of the molecule is CC1(C)OB(c2ccc3c(c2)O[C@H]2C[C@@H]3N(C(=O)O)C2)OC1(C)C. The molecule has 3 aliphatic rings. The van der Waals surface area contributed by atoms with Crippen LogP contribution in [0.25, 0.3) is 0 Å². The molecule has 0 spiro atoms. The molecule has 1 aromatic rings. The molecule has 128 valence electrons. The highest BCUT2D eigenvalue weighted by Crippen LogP contribution is 2.43. The highest BCUT2D eigenvalue weighted by molar-refractivity contribution is 6.62. The number of nitrogens with zero attached hydrogens (tertiary/aromatic N) is 1. The van der Waals surface area contributed by atoms with Gasteiger partial charge in [0.1, 0.15) is 11.9 Å². The van der Waals surface area contributed by atoms with Crippen LogP contribution in [0.2, 0.25) is 0 Å². The van der Waals surface area contributed by atoms with E-state index in [9.17, 15) is 9.90 Å². The lowest BCUT2D eigenvalue weighted by molar-refractivity contribution is 0.00578. The fraction of sp³-hybridized carbons (Fsp3) is 0.588. The van der Waals surface area contributed by atoms with Crippen molar-refractivity contribution in [2.24, 2.45) is 0 Å². The van der Waals surface area contributed by atoms with Gasteiger partial charge in [0.05, 0.1) is 23.8 Å². The molecule has 1 aromatic carbocycles. The Morgan fingerprint density at radius 2 is 1.92 bits per heavy atom. The number of ether oxygens (including phenoxy) is 1. The number of fused-ring (bicyclic) bond motifs is 4. The monoisotopic (exact) mass is 331 g/mol. The lowest BCUT2D eigenvalue weighted by Gasteiger charge is -2.32. The quantitative estimate of drug-likeness (QED) is 0.799. The molecule has 2 bridgehead atoms. The van der Waals surface area contributed by atoms with Gasteiger partial charge in [-0.15, -0.1) is 0 Å². The Morgan fingerprint density at radius 3 is 2.54 bits per heavy atom. The highest BCUT2D eigenvalue weighted by atomic mass is 16.7. The van der Waals surface area contributed by atoms with Crippen LogP contribution in [0.5, 0.6) is 5.75 Å². The minimum atomic E-state index is -0.894. The number of hydrogen-bond acceptors (Lipinski definition) is 4. The van der Waals surface area contributed by atoms with Gasteiger partial charge >= 0.3 is 13.2 Å². The maximum atomic E-state index is 11.4. The third kappa shape index (κ3) is 2.22. The maximum absolute atomic E-state index is 11.4. The molecule has 0 radical (unpaired) electrons. The minimum absolute atomic E-state index is 0.0767. The van der Waals surface area contributed by atoms with Crippen LogP contribution in [0.4, 0.5) is 4.79 Å². The van der Waals surface area contributed by atoms with Gasteiger partial charge in [0.2, 0.25) is 0 Å². The van der Waals surface area contributed by atoms with Crippen molar-refractivity contribution in [3.8, 4) is 5.75 Å². The van der Waals surface area contributed by atoms with E-state index in [4.69, 9.17) is 14.0 Å². The van der Waals surface area contributed by atoms with Crippen LogP contribution >= 0.6 is 0 Å². The summed E-state index contributed by atoms with van der Waals surface area (Å²) in [6.07, 6.45) is -0.254. The van der Waals surface area contributed by atoms with Crippen LogP contribution in [-0.4, -0.2) is 47.1 Å². The van der Waals surface area contributed by atoms with E-state index in [0.717, 1.165) is 23.2 Å². The second-order valence-corrected chi connectivity index (χ2v) is 7.81. The summed E-state index contributed by atoms with van der Waals surface area (Å²) in [6.45, 7) is 8.50. The molecule has 0 unspecified atom stereocenters. The smallest absolute Gasteiger partial charge is 0.488 e. The van der Waals surface area contributed by atoms with Crippen molar-refractivity contribution in [2.45, 2.75) is 57.5 Å². The molecule has 6 nitrogen and oxygen atoms in total. The van der Waals surface area contributed by atoms with Gasteiger partial charge in [0.15, 0.2) is 0 Å². The first kappa shape index (κ1) is 15.8. The van der Waals surface area contributed by atoms with Gasteiger partial charge in [-0.2, -0.15) is 0 Å². The molecule has 3 heterocycles. The normalized spacial score (nSPS) is 29.3. The number of rotatable bonds is 1. The Kier molecular flexibility index (Phi) is 3.22. The zero-order chi connectivity index (χ0) is 17.3. The van der Waals surface area contributed by atoms with E-state index in [2.05, 4.69) is 0 Å². The lowest BCUT2D eigenvalue weighted by Crippen LogP contribution is -2.41. The van der Waals surface area contributed by atoms with E-state index in [1.54, 1.807) is 0 Å². The van der Waals surface area contributed by atoms with E-state index in [1.807, 2.05) is 45.9 Å². The summed E-state index contributed by atoms with van der Waals surface area (Å²) in [5.74, 6) is 0.743. The number of benzene rings is 1. The van der Waals surface area contributed by atoms with E-state index < -0.39 is 24.4 Å². The largest absolute Gasteiger partial charge is 0.494 e. The van der Waals surface area contributed by atoms with E-state index in [-0.39, 0.29) is 12.1 Å². The van der Waals surface area contributed by atoms with Crippen molar-refractivity contribution < 1.29 is 23.9 Å². The topological polar surface area (TPSA) is 68.2 Å². The number of likely N-dealkylation sites (tertiary alicyclic amines) is 1. The molecule has 0 saturated carbocycles. The molecule has 4 rings (SSSR count). The molecule has 0 aliphatic carbocycles. The molecule has 2 atom stereocenters. The number of amides is 1. The van der Waals surface area contributed by atoms with Gasteiger partial charge in [-0.3, -0.25) is 4.90 Å². The second-order valence-electron chi connectivity index (χ2n) is 7.81. The Bertz CT molecular complexity index is 688. The molecule has 3 aliphatic heterocycles. The second kappa shape index (κ2) is 4.89. The molecule has 2 fully saturated rings. The Balaban J connectivity index is 1.65. The van der Waals surface area contributed by atoms with Crippen LogP contribution in [0.3, 0.4) is 0 Å². The molecule has 7 heteroatoms. The molecule has 2 saturated heterocycles. The molecule has 0 aromatic heterocycles. The summed E-state index contributed by atoms with van der Waals surface area (Å²) in [5.41, 5.74) is 1.03. The highest BCUT2D eigenvalue weighted by Gasteiger charge is 2.52. The number of hydrogen-bond donors (Lipinski definition) is 1. The average Bonchev–Trinajstić information content (AvgIpc) is 2.93. The van der Waals surface area contributed by atoms with Crippen LogP contribution < -0.4 is 10.2 Å². The molecule has 24 heavy (non-hydrogen) atoms. The van der Waals surface area contributed by atoms with Crippen molar-refractivity contribution in [1.82, 2.24) is 4.90 Å². The van der Waals surface area contributed by atoms with Gasteiger partial charge in [0.25, 0.3) is 0 Å². The fourth-order valence-electron chi connectivity index (χ4n) is 3.62. The van der Waals surface area contributed by atoms with E-state index in [0.29, 0.717) is 6.54 Å². The number of carbonyl (C=O) groups is 1. The summed E-state index contributed by atoms with van der Waals surface area (Å²) >= 11 is 0. The average molecular weight is 331 g/mol. The standard InChI is InChI=1S/C17H22BNO5/c1-16(2)17(3,4)24-18(23-16)10-5-6-12-13-8-11(22-14(12)7-10)9-19(13)15(20)21/h5-7,11,13H,8-9H2,1-4H3,(H,20,21)/t11-,13-/m0/s1. The van der Waals surface area contributed by atoms with E-state index >= 15 is 0 Å². The van der Waals surface area contributed by atoms with Crippen molar-refractivity contribution in [2.75, 3.05) is 6.54 Å². The zero-order valence-electron chi connectivity index (χ0n) is 14.4. The zero-order valence-corrected chi connectivity index (χ0v) is 14.4.